The molecule has 0 fully saturated rings. The number of hydrogen-bond acceptors (Lipinski definition) is 6. The van der Waals surface area contributed by atoms with E-state index in [1.54, 1.807) is 37.6 Å². The fourth-order valence-electron chi connectivity index (χ4n) is 2.86. The van der Waals surface area contributed by atoms with Crippen molar-refractivity contribution in [3.05, 3.63) is 66.2 Å². The third kappa shape index (κ3) is 6.44. The van der Waals surface area contributed by atoms with E-state index in [-0.39, 0.29) is 18.3 Å². The normalized spacial score (nSPS) is 10.5. The fourth-order valence-corrected chi connectivity index (χ4v) is 2.86. The van der Waals surface area contributed by atoms with Crippen LogP contribution in [0.4, 0.5) is 5.69 Å². The minimum atomic E-state index is -0.359. The number of nitrogens with one attached hydrogen (secondary N) is 1. The van der Waals surface area contributed by atoms with Gasteiger partial charge in [-0.25, -0.2) is 9.78 Å². The molecule has 0 spiro atoms. The van der Waals surface area contributed by atoms with E-state index in [2.05, 4.69) is 10.3 Å². The number of anilines is 1. The van der Waals surface area contributed by atoms with E-state index in [1.807, 2.05) is 31.2 Å². The molecule has 0 atom stereocenters. The standard InChI is InChI=1S/C24H26N2O5/c1-3-4-14-30-24(28)17-8-10-19(11-9-17)26-22(27)12-13-23-25-16-21(31-23)18-6-5-7-20(15-18)29-2/h5-11,15-16H,3-4,12-14H2,1-2H3,(H,26,27). The van der Waals surface area contributed by atoms with Crippen LogP contribution in [0.2, 0.25) is 0 Å². The maximum Gasteiger partial charge on any atom is 0.338 e. The van der Waals surface area contributed by atoms with Crippen LogP contribution in [0.15, 0.2) is 59.1 Å². The molecular formula is C24H26N2O5. The smallest absolute Gasteiger partial charge is 0.338 e. The highest BCUT2D eigenvalue weighted by molar-refractivity contribution is 5.93. The summed E-state index contributed by atoms with van der Waals surface area (Å²) in [6.07, 6.45) is 4.04. The van der Waals surface area contributed by atoms with Gasteiger partial charge in [-0.05, 0) is 42.8 Å². The van der Waals surface area contributed by atoms with E-state index >= 15 is 0 Å². The Morgan fingerprint density at radius 1 is 1.13 bits per heavy atom. The van der Waals surface area contributed by atoms with Crippen molar-refractivity contribution in [2.75, 3.05) is 19.0 Å². The average Bonchev–Trinajstić information content (AvgIpc) is 3.27. The summed E-state index contributed by atoms with van der Waals surface area (Å²) < 4.78 is 16.1. The largest absolute Gasteiger partial charge is 0.497 e. The molecular weight excluding hydrogens is 396 g/mol. The number of benzene rings is 2. The van der Waals surface area contributed by atoms with Crippen LogP contribution >= 0.6 is 0 Å². The lowest BCUT2D eigenvalue weighted by Crippen LogP contribution is -2.12. The van der Waals surface area contributed by atoms with E-state index in [0.29, 0.717) is 35.9 Å². The molecule has 7 nitrogen and oxygen atoms in total. The van der Waals surface area contributed by atoms with Gasteiger partial charge in [0.25, 0.3) is 0 Å². The minimum Gasteiger partial charge on any atom is -0.497 e. The minimum absolute atomic E-state index is 0.167. The van der Waals surface area contributed by atoms with Crippen molar-refractivity contribution in [3.63, 3.8) is 0 Å². The molecule has 162 valence electrons. The Morgan fingerprint density at radius 2 is 1.94 bits per heavy atom. The zero-order valence-electron chi connectivity index (χ0n) is 17.7. The first-order valence-corrected chi connectivity index (χ1v) is 10.2. The quantitative estimate of drug-likeness (QED) is 0.370. The number of ether oxygens (including phenoxy) is 2. The molecule has 1 heterocycles. The van der Waals surface area contributed by atoms with Crippen LogP contribution < -0.4 is 10.1 Å². The van der Waals surface area contributed by atoms with E-state index in [4.69, 9.17) is 13.9 Å². The topological polar surface area (TPSA) is 90.7 Å². The molecule has 1 amide bonds. The molecule has 0 saturated heterocycles. The average molecular weight is 422 g/mol. The van der Waals surface area contributed by atoms with Crippen molar-refractivity contribution >= 4 is 17.6 Å². The SMILES string of the molecule is CCCCOC(=O)c1ccc(NC(=O)CCc2ncc(-c3cccc(OC)c3)o2)cc1. The summed E-state index contributed by atoms with van der Waals surface area (Å²) >= 11 is 0. The van der Waals surface area contributed by atoms with Crippen molar-refractivity contribution in [1.82, 2.24) is 4.98 Å². The Kier molecular flexibility index (Phi) is 7.81. The number of hydrogen-bond donors (Lipinski definition) is 1. The summed E-state index contributed by atoms with van der Waals surface area (Å²) in [6, 6.07) is 14.1. The molecule has 1 N–H and O–H groups in total. The van der Waals surface area contributed by atoms with Gasteiger partial charge in [-0.3, -0.25) is 4.79 Å². The zero-order valence-corrected chi connectivity index (χ0v) is 17.7. The van der Waals surface area contributed by atoms with E-state index in [1.165, 1.54) is 0 Å². The number of carbonyl (C=O) groups is 2. The van der Waals surface area contributed by atoms with Gasteiger partial charge >= 0.3 is 5.97 Å². The lowest BCUT2D eigenvalue weighted by atomic mass is 10.2. The number of carbonyl (C=O) groups excluding carboxylic acids is 2. The zero-order chi connectivity index (χ0) is 22.1. The van der Waals surface area contributed by atoms with Crippen LogP contribution in [0.1, 0.15) is 42.4 Å². The number of esters is 1. The molecule has 7 heteroatoms. The molecule has 0 aliphatic heterocycles. The number of methoxy groups -OCH3 is 1. The van der Waals surface area contributed by atoms with Crippen molar-refractivity contribution in [3.8, 4) is 17.1 Å². The first kappa shape index (κ1) is 22.1. The highest BCUT2D eigenvalue weighted by Gasteiger charge is 2.11. The molecule has 0 bridgehead atoms. The maximum atomic E-state index is 12.3. The van der Waals surface area contributed by atoms with Gasteiger partial charge < -0.3 is 19.2 Å². The van der Waals surface area contributed by atoms with E-state index in [0.717, 1.165) is 24.2 Å². The Hall–Kier alpha value is -3.61. The lowest BCUT2D eigenvalue weighted by Gasteiger charge is -2.07. The molecule has 3 rings (SSSR count). The van der Waals surface area contributed by atoms with Gasteiger partial charge in [-0.1, -0.05) is 25.5 Å². The lowest BCUT2D eigenvalue weighted by molar-refractivity contribution is -0.116. The Labute approximate surface area is 181 Å². The molecule has 0 aliphatic carbocycles. The number of amides is 1. The van der Waals surface area contributed by atoms with Crippen molar-refractivity contribution in [1.29, 1.82) is 0 Å². The van der Waals surface area contributed by atoms with Gasteiger partial charge in [0.1, 0.15) is 5.75 Å². The molecule has 0 radical (unpaired) electrons. The second-order valence-corrected chi connectivity index (χ2v) is 6.97. The predicted octanol–water partition coefficient (Wildman–Crippen LogP) is 4.88. The Balaban J connectivity index is 1.49. The molecule has 2 aromatic carbocycles. The van der Waals surface area contributed by atoms with Gasteiger partial charge in [0.2, 0.25) is 5.91 Å². The van der Waals surface area contributed by atoms with Crippen LogP contribution in [-0.2, 0) is 16.0 Å². The highest BCUT2D eigenvalue weighted by Crippen LogP contribution is 2.24. The summed E-state index contributed by atoms with van der Waals surface area (Å²) in [7, 11) is 1.61. The van der Waals surface area contributed by atoms with Gasteiger partial charge in [-0.15, -0.1) is 0 Å². The maximum absolute atomic E-state index is 12.3. The number of unbranched alkanes of at least 4 members (excludes halogenated alkanes) is 1. The van der Waals surface area contributed by atoms with Crippen LogP contribution in [0, 0.1) is 0 Å². The third-order valence-corrected chi connectivity index (χ3v) is 4.61. The molecule has 3 aromatic rings. The van der Waals surface area contributed by atoms with E-state index in [9.17, 15) is 9.59 Å². The van der Waals surface area contributed by atoms with Crippen LogP contribution in [0.3, 0.4) is 0 Å². The van der Waals surface area contributed by atoms with E-state index < -0.39 is 0 Å². The van der Waals surface area contributed by atoms with Gasteiger partial charge in [0.05, 0.1) is 25.5 Å². The third-order valence-electron chi connectivity index (χ3n) is 4.61. The number of aromatic nitrogens is 1. The van der Waals surface area contributed by atoms with Crippen molar-refractivity contribution < 1.29 is 23.5 Å². The van der Waals surface area contributed by atoms with Gasteiger partial charge in [-0.2, -0.15) is 0 Å². The summed E-state index contributed by atoms with van der Waals surface area (Å²) in [5.41, 5.74) is 1.93. The Morgan fingerprint density at radius 3 is 2.68 bits per heavy atom. The number of rotatable bonds is 10. The van der Waals surface area contributed by atoms with Crippen molar-refractivity contribution in [2.45, 2.75) is 32.6 Å². The Bertz CT molecular complexity index is 1010. The first-order valence-electron chi connectivity index (χ1n) is 10.2. The number of nitrogens with zero attached hydrogens (tertiary/aromatic N) is 1. The second-order valence-electron chi connectivity index (χ2n) is 6.97. The summed E-state index contributed by atoms with van der Waals surface area (Å²) in [4.78, 5) is 28.4. The van der Waals surface area contributed by atoms with Gasteiger partial charge in [0.15, 0.2) is 11.7 Å². The van der Waals surface area contributed by atoms with Crippen LogP contribution in [-0.4, -0.2) is 30.6 Å². The van der Waals surface area contributed by atoms with Crippen LogP contribution in [0.25, 0.3) is 11.3 Å². The number of aryl methyl sites for hydroxylation is 1. The first-order chi connectivity index (χ1) is 15.1. The summed E-state index contributed by atoms with van der Waals surface area (Å²) in [6.45, 7) is 2.45. The van der Waals surface area contributed by atoms with Crippen LogP contribution in [0.5, 0.6) is 5.75 Å². The fraction of sp³-hybridized carbons (Fsp3) is 0.292. The molecule has 1 aromatic heterocycles. The highest BCUT2D eigenvalue weighted by atomic mass is 16.5. The predicted molar refractivity (Wildman–Crippen MR) is 117 cm³/mol. The monoisotopic (exact) mass is 422 g/mol. The summed E-state index contributed by atoms with van der Waals surface area (Å²) in [5, 5.41) is 2.81. The molecule has 0 saturated carbocycles. The number of oxazole rings is 1. The molecule has 31 heavy (non-hydrogen) atoms. The molecule has 0 unspecified atom stereocenters. The summed E-state index contributed by atoms with van der Waals surface area (Å²) in [5.74, 6) is 1.31. The van der Waals surface area contributed by atoms with Gasteiger partial charge in [0, 0.05) is 24.1 Å². The molecule has 0 aliphatic rings. The van der Waals surface area contributed by atoms with Crippen molar-refractivity contribution in [2.24, 2.45) is 0 Å². The second kappa shape index (κ2) is 11.0.